The average Bonchev–Trinajstić information content (AvgIpc) is 3.19. The molecule has 112 valence electrons. The number of sulfonamides is 1. The minimum atomic E-state index is -3.56. The first kappa shape index (κ1) is 15.3. The van der Waals surface area contributed by atoms with Gasteiger partial charge in [0.1, 0.15) is 0 Å². The summed E-state index contributed by atoms with van der Waals surface area (Å²) in [7, 11) is -3.56. The van der Waals surface area contributed by atoms with Crippen LogP contribution in [0.25, 0.3) is 0 Å². The van der Waals surface area contributed by atoms with Crippen LogP contribution in [0.4, 0.5) is 5.69 Å². The van der Waals surface area contributed by atoms with E-state index in [0.717, 1.165) is 19.4 Å². The lowest BCUT2D eigenvalue weighted by Crippen LogP contribution is -2.34. The molecule has 1 aliphatic rings. The van der Waals surface area contributed by atoms with E-state index in [9.17, 15) is 8.42 Å². The van der Waals surface area contributed by atoms with Crippen molar-refractivity contribution in [2.24, 2.45) is 5.92 Å². The minimum Gasteiger partial charge on any atom is -0.383 e. The van der Waals surface area contributed by atoms with Crippen LogP contribution in [0, 0.1) is 5.92 Å². The van der Waals surface area contributed by atoms with Gasteiger partial charge in [0, 0.05) is 18.8 Å². The van der Waals surface area contributed by atoms with Crippen molar-refractivity contribution in [3.63, 3.8) is 0 Å². The summed E-state index contributed by atoms with van der Waals surface area (Å²) >= 11 is 0. The second-order valence-electron chi connectivity index (χ2n) is 5.48. The maximum Gasteiger partial charge on any atom is 0.260 e. The third-order valence-corrected chi connectivity index (χ3v) is 4.88. The largest absolute Gasteiger partial charge is 0.383 e. The first-order chi connectivity index (χ1) is 9.53. The van der Waals surface area contributed by atoms with E-state index in [-0.39, 0.29) is 11.1 Å². The van der Waals surface area contributed by atoms with Crippen molar-refractivity contribution < 1.29 is 8.42 Å². The molecular weight excluding hydrogens is 274 g/mol. The first-order valence-corrected chi connectivity index (χ1v) is 8.72. The standard InChI is InChI=1S/C14H23N3O2S/c1-3-8-15-13-5-4-9-16-14(13)20(18,19)17-11(2)10-12-6-7-12/h4-5,9,11-12,15,17H,3,6-8,10H2,1-2H3. The Hall–Kier alpha value is -1.14. The van der Waals surface area contributed by atoms with Crippen molar-refractivity contribution in [3.8, 4) is 0 Å². The van der Waals surface area contributed by atoms with Gasteiger partial charge in [-0.3, -0.25) is 0 Å². The van der Waals surface area contributed by atoms with Gasteiger partial charge in [-0.15, -0.1) is 0 Å². The van der Waals surface area contributed by atoms with Crippen molar-refractivity contribution in [1.82, 2.24) is 9.71 Å². The summed E-state index contributed by atoms with van der Waals surface area (Å²) in [5.41, 5.74) is 0.570. The Labute approximate surface area is 121 Å². The number of hydrogen-bond donors (Lipinski definition) is 2. The number of nitrogens with one attached hydrogen (secondary N) is 2. The summed E-state index contributed by atoms with van der Waals surface area (Å²) in [6, 6.07) is 3.45. The van der Waals surface area contributed by atoms with E-state index in [1.807, 2.05) is 13.8 Å². The van der Waals surface area contributed by atoms with Gasteiger partial charge in [-0.1, -0.05) is 19.8 Å². The zero-order chi connectivity index (χ0) is 14.6. The van der Waals surface area contributed by atoms with Gasteiger partial charge in [0.15, 0.2) is 5.03 Å². The average molecular weight is 297 g/mol. The number of anilines is 1. The number of aromatic nitrogens is 1. The molecule has 1 aliphatic carbocycles. The van der Waals surface area contributed by atoms with Crippen LogP contribution >= 0.6 is 0 Å². The van der Waals surface area contributed by atoms with E-state index in [2.05, 4.69) is 15.0 Å². The zero-order valence-electron chi connectivity index (χ0n) is 12.1. The summed E-state index contributed by atoms with van der Waals surface area (Å²) in [4.78, 5) is 4.04. The predicted molar refractivity (Wildman–Crippen MR) is 80.1 cm³/mol. The Bertz CT molecular complexity index is 541. The van der Waals surface area contributed by atoms with Crippen molar-refractivity contribution in [2.45, 2.75) is 50.6 Å². The molecule has 0 radical (unpaired) electrons. The molecule has 0 amide bonds. The van der Waals surface area contributed by atoms with Crippen LogP contribution in [-0.2, 0) is 10.0 Å². The fourth-order valence-corrected chi connectivity index (χ4v) is 3.59. The molecule has 2 rings (SSSR count). The molecule has 1 heterocycles. The van der Waals surface area contributed by atoms with E-state index < -0.39 is 10.0 Å². The molecule has 1 saturated carbocycles. The maximum atomic E-state index is 12.4. The second kappa shape index (κ2) is 6.54. The minimum absolute atomic E-state index is 0.0477. The lowest BCUT2D eigenvalue weighted by Gasteiger charge is -2.15. The number of hydrogen-bond acceptors (Lipinski definition) is 4. The smallest absolute Gasteiger partial charge is 0.260 e. The molecule has 20 heavy (non-hydrogen) atoms. The van der Waals surface area contributed by atoms with Crippen molar-refractivity contribution in [2.75, 3.05) is 11.9 Å². The lowest BCUT2D eigenvalue weighted by atomic mass is 10.2. The molecule has 1 unspecified atom stereocenters. The number of pyridine rings is 1. The van der Waals surface area contributed by atoms with Gasteiger partial charge in [-0.25, -0.2) is 18.1 Å². The van der Waals surface area contributed by atoms with Gasteiger partial charge in [0.05, 0.1) is 5.69 Å². The van der Waals surface area contributed by atoms with E-state index in [4.69, 9.17) is 0 Å². The number of nitrogens with zero attached hydrogens (tertiary/aromatic N) is 1. The molecule has 6 heteroatoms. The van der Waals surface area contributed by atoms with Crippen LogP contribution in [0.1, 0.15) is 39.5 Å². The Morgan fingerprint density at radius 3 is 2.85 bits per heavy atom. The Balaban J connectivity index is 2.10. The van der Waals surface area contributed by atoms with E-state index in [1.54, 1.807) is 12.1 Å². The maximum absolute atomic E-state index is 12.4. The van der Waals surface area contributed by atoms with Gasteiger partial charge < -0.3 is 5.32 Å². The fourth-order valence-electron chi connectivity index (χ4n) is 2.22. The fraction of sp³-hybridized carbons (Fsp3) is 0.643. The monoisotopic (exact) mass is 297 g/mol. The topological polar surface area (TPSA) is 71.1 Å². The summed E-state index contributed by atoms with van der Waals surface area (Å²) in [6.45, 7) is 4.68. The molecule has 2 N–H and O–H groups in total. The van der Waals surface area contributed by atoms with E-state index >= 15 is 0 Å². The molecular formula is C14H23N3O2S. The SMILES string of the molecule is CCCNc1cccnc1S(=O)(=O)NC(C)CC1CC1. The van der Waals surface area contributed by atoms with Crippen LogP contribution in [0.15, 0.2) is 23.4 Å². The molecule has 0 spiro atoms. The van der Waals surface area contributed by atoms with E-state index in [0.29, 0.717) is 11.6 Å². The van der Waals surface area contributed by atoms with Gasteiger partial charge in [0.25, 0.3) is 10.0 Å². The highest BCUT2D eigenvalue weighted by atomic mass is 32.2. The van der Waals surface area contributed by atoms with Gasteiger partial charge in [0.2, 0.25) is 0 Å². The van der Waals surface area contributed by atoms with Crippen LogP contribution in [0.2, 0.25) is 0 Å². The molecule has 1 fully saturated rings. The number of rotatable bonds is 8. The first-order valence-electron chi connectivity index (χ1n) is 7.24. The third-order valence-electron chi connectivity index (χ3n) is 3.33. The van der Waals surface area contributed by atoms with Gasteiger partial charge >= 0.3 is 0 Å². The van der Waals surface area contributed by atoms with Crippen LogP contribution in [0.3, 0.4) is 0 Å². The van der Waals surface area contributed by atoms with Crippen LogP contribution in [-0.4, -0.2) is 26.0 Å². The summed E-state index contributed by atoms with van der Waals surface area (Å²) < 4.78 is 27.6. The predicted octanol–water partition coefficient (Wildman–Crippen LogP) is 2.37. The normalized spacial score (nSPS) is 16.9. The van der Waals surface area contributed by atoms with Crippen LogP contribution in [0.5, 0.6) is 0 Å². The molecule has 0 aromatic carbocycles. The Morgan fingerprint density at radius 2 is 2.20 bits per heavy atom. The Kier molecular flexibility index (Phi) is 4.99. The quantitative estimate of drug-likeness (QED) is 0.773. The highest BCUT2D eigenvalue weighted by molar-refractivity contribution is 7.89. The molecule has 0 aliphatic heterocycles. The summed E-state index contributed by atoms with van der Waals surface area (Å²) in [5.74, 6) is 0.689. The third kappa shape index (κ3) is 4.18. The van der Waals surface area contributed by atoms with Crippen molar-refractivity contribution >= 4 is 15.7 Å². The highest BCUT2D eigenvalue weighted by Crippen LogP contribution is 2.33. The van der Waals surface area contributed by atoms with Crippen molar-refractivity contribution in [3.05, 3.63) is 18.3 Å². The molecule has 1 aromatic heterocycles. The van der Waals surface area contributed by atoms with Gasteiger partial charge in [-0.05, 0) is 37.8 Å². The summed E-state index contributed by atoms with van der Waals surface area (Å²) in [6.07, 6.45) is 5.79. The van der Waals surface area contributed by atoms with E-state index in [1.165, 1.54) is 19.0 Å². The molecule has 0 bridgehead atoms. The highest BCUT2D eigenvalue weighted by Gasteiger charge is 2.27. The second-order valence-corrected chi connectivity index (χ2v) is 7.11. The Morgan fingerprint density at radius 1 is 1.45 bits per heavy atom. The zero-order valence-corrected chi connectivity index (χ0v) is 12.9. The summed E-state index contributed by atoms with van der Waals surface area (Å²) in [5, 5.41) is 3.21. The molecule has 5 nitrogen and oxygen atoms in total. The molecule has 1 atom stereocenters. The lowest BCUT2D eigenvalue weighted by molar-refractivity contribution is 0.528. The van der Waals surface area contributed by atoms with Gasteiger partial charge in [-0.2, -0.15) is 0 Å². The van der Waals surface area contributed by atoms with Crippen LogP contribution < -0.4 is 10.0 Å². The van der Waals surface area contributed by atoms with Crippen molar-refractivity contribution in [1.29, 1.82) is 0 Å². The molecule has 0 saturated heterocycles. The molecule has 1 aromatic rings.